The highest BCUT2D eigenvalue weighted by Gasteiger charge is 2.29. The second-order valence-corrected chi connectivity index (χ2v) is 10.6. The van der Waals surface area contributed by atoms with Gasteiger partial charge in [-0.2, -0.15) is 11.8 Å². The third kappa shape index (κ3) is 6.73. The van der Waals surface area contributed by atoms with E-state index in [1.54, 1.807) is 36.9 Å². The molecule has 0 bridgehead atoms. The molecule has 0 aliphatic carbocycles. The van der Waals surface area contributed by atoms with E-state index in [9.17, 15) is 13.2 Å². The first-order valence-electron chi connectivity index (χ1n) is 7.89. The molecule has 7 heteroatoms. The lowest BCUT2D eigenvalue weighted by Crippen LogP contribution is -2.48. The molecular formula is C17H28N2O3S2. The number of hydrogen-bond acceptors (Lipinski definition) is 4. The molecule has 0 saturated carbocycles. The van der Waals surface area contributed by atoms with E-state index in [4.69, 9.17) is 0 Å². The molecule has 0 saturated heterocycles. The monoisotopic (exact) mass is 372 g/mol. The van der Waals surface area contributed by atoms with Crippen LogP contribution >= 0.6 is 11.8 Å². The molecule has 136 valence electrons. The summed E-state index contributed by atoms with van der Waals surface area (Å²) in [5.41, 5.74) is 1.44. The number of benzene rings is 1. The number of aryl methyl sites for hydroxylation is 1. The number of nitrogens with one attached hydrogen (secondary N) is 1. The van der Waals surface area contributed by atoms with E-state index in [2.05, 4.69) is 26.1 Å². The minimum absolute atomic E-state index is 0.136. The first-order chi connectivity index (χ1) is 10.9. The highest BCUT2D eigenvalue weighted by Crippen LogP contribution is 2.23. The first kappa shape index (κ1) is 20.8. The van der Waals surface area contributed by atoms with Crippen LogP contribution in [-0.2, 0) is 14.8 Å². The van der Waals surface area contributed by atoms with Gasteiger partial charge in [0.1, 0.15) is 6.04 Å². The fourth-order valence-electron chi connectivity index (χ4n) is 2.25. The molecule has 0 heterocycles. The quantitative estimate of drug-likeness (QED) is 0.748. The van der Waals surface area contributed by atoms with Crippen LogP contribution < -0.4 is 9.62 Å². The van der Waals surface area contributed by atoms with Crippen molar-refractivity contribution in [2.45, 2.75) is 45.4 Å². The minimum Gasteiger partial charge on any atom is -0.353 e. The first-order valence-corrected chi connectivity index (χ1v) is 10.7. The number of rotatable bonds is 7. The number of anilines is 1. The third-order valence-electron chi connectivity index (χ3n) is 3.28. The number of hydrogen-bond donors (Lipinski definition) is 1. The van der Waals surface area contributed by atoms with Gasteiger partial charge in [0.25, 0.3) is 0 Å². The molecule has 0 aromatic heterocycles. The van der Waals surface area contributed by atoms with Crippen LogP contribution in [0, 0.1) is 6.92 Å². The Bertz CT molecular complexity index is 667. The van der Waals surface area contributed by atoms with Gasteiger partial charge in [0.2, 0.25) is 15.9 Å². The zero-order valence-electron chi connectivity index (χ0n) is 15.3. The van der Waals surface area contributed by atoms with Gasteiger partial charge in [-0.1, -0.05) is 32.9 Å². The molecule has 1 atom stereocenters. The van der Waals surface area contributed by atoms with Crippen LogP contribution in [0.4, 0.5) is 5.69 Å². The SMILES string of the molecule is Cc1cccc(N(C(C)C(=O)NCCSC(C)(C)C)S(C)(=O)=O)c1. The second kappa shape index (κ2) is 8.25. The summed E-state index contributed by atoms with van der Waals surface area (Å²) in [6.45, 7) is 10.4. The van der Waals surface area contributed by atoms with Gasteiger partial charge in [0.05, 0.1) is 11.9 Å². The molecule has 1 rings (SSSR count). The lowest BCUT2D eigenvalue weighted by molar-refractivity contribution is -0.121. The van der Waals surface area contributed by atoms with Gasteiger partial charge in [0.15, 0.2) is 0 Å². The maximum Gasteiger partial charge on any atom is 0.243 e. The summed E-state index contributed by atoms with van der Waals surface area (Å²) in [4.78, 5) is 12.4. The van der Waals surface area contributed by atoms with Crippen molar-refractivity contribution >= 4 is 33.4 Å². The van der Waals surface area contributed by atoms with Crippen molar-refractivity contribution in [2.75, 3.05) is 22.9 Å². The summed E-state index contributed by atoms with van der Waals surface area (Å²) in [6.07, 6.45) is 1.12. The van der Waals surface area contributed by atoms with Crippen LogP contribution in [0.1, 0.15) is 33.3 Å². The van der Waals surface area contributed by atoms with E-state index in [-0.39, 0.29) is 10.7 Å². The standard InChI is InChI=1S/C17H28N2O3S2/c1-13-8-7-9-15(12-13)19(24(6,21)22)14(2)16(20)18-10-11-23-17(3,4)5/h7-9,12,14H,10-11H2,1-6H3,(H,18,20). The van der Waals surface area contributed by atoms with E-state index in [0.717, 1.165) is 17.6 Å². The highest BCUT2D eigenvalue weighted by atomic mass is 32.2. The molecule has 24 heavy (non-hydrogen) atoms. The Balaban J connectivity index is 2.82. The van der Waals surface area contributed by atoms with E-state index >= 15 is 0 Å². The van der Waals surface area contributed by atoms with Crippen LogP contribution in [0.5, 0.6) is 0 Å². The molecule has 1 aromatic rings. The number of thioether (sulfide) groups is 1. The van der Waals surface area contributed by atoms with Crippen molar-refractivity contribution in [3.05, 3.63) is 29.8 Å². The average Bonchev–Trinajstić information content (AvgIpc) is 2.41. The van der Waals surface area contributed by atoms with Crippen molar-refractivity contribution in [1.29, 1.82) is 0 Å². The van der Waals surface area contributed by atoms with Crippen molar-refractivity contribution in [1.82, 2.24) is 5.32 Å². The summed E-state index contributed by atoms with van der Waals surface area (Å²) in [7, 11) is -3.57. The Morgan fingerprint density at radius 1 is 1.33 bits per heavy atom. The average molecular weight is 373 g/mol. The van der Waals surface area contributed by atoms with Crippen LogP contribution in [-0.4, -0.2) is 43.7 Å². The van der Waals surface area contributed by atoms with E-state index in [1.165, 1.54) is 4.31 Å². The maximum atomic E-state index is 12.4. The molecule has 0 fully saturated rings. The predicted octanol–water partition coefficient (Wildman–Crippen LogP) is 2.80. The lowest BCUT2D eigenvalue weighted by Gasteiger charge is -2.28. The van der Waals surface area contributed by atoms with Crippen LogP contribution in [0.2, 0.25) is 0 Å². The van der Waals surface area contributed by atoms with Crippen LogP contribution in [0.25, 0.3) is 0 Å². The Morgan fingerprint density at radius 2 is 1.96 bits per heavy atom. The summed E-state index contributed by atoms with van der Waals surface area (Å²) in [5, 5.41) is 2.83. The molecular weight excluding hydrogens is 344 g/mol. The third-order valence-corrected chi connectivity index (χ3v) is 5.80. The number of carbonyl (C=O) groups is 1. The lowest BCUT2D eigenvalue weighted by atomic mass is 10.2. The fraction of sp³-hybridized carbons (Fsp3) is 0.588. The maximum absolute atomic E-state index is 12.4. The largest absolute Gasteiger partial charge is 0.353 e. The fourth-order valence-corrected chi connectivity index (χ4v) is 4.24. The minimum atomic E-state index is -3.57. The van der Waals surface area contributed by atoms with Gasteiger partial charge in [0, 0.05) is 17.0 Å². The number of amides is 1. The Kier molecular flexibility index (Phi) is 7.16. The molecule has 1 amide bonds. The number of carbonyl (C=O) groups excluding carboxylic acids is 1. The van der Waals surface area contributed by atoms with Crippen LogP contribution in [0.3, 0.4) is 0 Å². The van der Waals surface area contributed by atoms with Gasteiger partial charge in [-0.25, -0.2) is 8.42 Å². The normalized spacial score (nSPS) is 13.4. The summed E-state index contributed by atoms with van der Waals surface area (Å²) < 4.78 is 25.7. The molecule has 5 nitrogen and oxygen atoms in total. The highest BCUT2D eigenvalue weighted by molar-refractivity contribution is 8.00. The summed E-state index contributed by atoms with van der Waals surface area (Å²) in [5.74, 6) is 0.488. The molecule has 1 N–H and O–H groups in total. The van der Waals surface area contributed by atoms with Crippen molar-refractivity contribution in [2.24, 2.45) is 0 Å². The van der Waals surface area contributed by atoms with E-state index < -0.39 is 16.1 Å². The van der Waals surface area contributed by atoms with Crippen molar-refractivity contribution < 1.29 is 13.2 Å². The zero-order chi connectivity index (χ0) is 18.5. The molecule has 1 unspecified atom stereocenters. The molecule has 0 aliphatic heterocycles. The van der Waals surface area contributed by atoms with Gasteiger partial charge in [-0.05, 0) is 31.5 Å². The number of nitrogens with zero attached hydrogens (tertiary/aromatic N) is 1. The number of sulfonamides is 1. The Labute approximate surface area is 150 Å². The second-order valence-electron chi connectivity index (χ2n) is 6.83. The Hall–Kier alpha value is -1.21. The van der Waals surface area contributed by atoms with Crippen molar-refractivity contribution in [3.8, 4) is 0 Å². The molecule has 1 aromatic carbocycles. The molecule has 0 aliphatic rings. The van der Waals surface area contributed by atoms with Gasteiger partial charge >= 0.3 is 0 Å². The predicted molar refractivity (Wildman–Crippen MR) is 103 cm³/mol. The van der Waals surface area contributed by atoms with Crippen molar-refractivity contribution in [3.63, 3.8) is 0 Å². The smallest absolute Gasteiger partial charge is 0.243 e. The van der Waals surface area contributed by atoms with Gasteiger partial charge in [-0.3, -0.25) is 9.10 Å². The zero-order valence-corrected chi connectivity index (χ0v) is 16.9. The Morgan fingerprint density at radius 3 is 2.46 bits per heavy atom. The van der Waals surface area contributed by atoms with E-state index in [0.29, 0.717) is 12.2 Å². The van der Waals surface area contributed by atoms with Crippen LogP contribution in [0.15, 0.2) is 24.3 Å². The summed E-state index contributed by atoms with van der Waals surface area (Å²) >= 11 is 1.75. The summed E-state index contributed by atoms with van der Waals surface area (Å²) in [6, 6.07) is 6.33. The van der Waals surface area contributed by atoms with Gasteiger partial charge in [-0.15, -0.1) is 0 Å². The molecule has 0 spiro atoms. The van der Waals surface area contributed by atoms with Gasteiger partial charge < -0.3 is 5.32 Å². The molecule has 0 radical (unpaired) electrons. The van der Waals surface area contributed by atoms with E-state index in [1.807, 2.05) is 13.0 Å². The topological polar surface area (TPSA) is 66.5 Å².